The zero-order valence-corrected chi connectivity index (χ0v) is 10.1. The van der Waals surface area contributed by atoms with Crippen LogP contribution in [0.1, 0.15) is 23.5 Å². The molecule has 0 aromatic carbocycles. The number of thiophene rings is 1. The van der Waals surface area contributed by atoms with E-state index in [1.54, 1.807) is 25.3 Å². The van der Waals surface area contributed by atoms with Crippen LogP contribution < -0.4 is 5.32 Å². The number of hydrogen-bond acceptors (Lipinski definition) is 5. The molecule has 0 unspecified atom stereocenters. The second-order valence-electron chi connectivity index (χ2n) is 3.23. The van der Waals surface area contributed by atoms with E-state index in [0.717, 1.165) is 0 Å². The molecule has 0 fully saturated rings. The smallest absolute Gasteiger partial charge is 0.411 e. The number of rotatable bonds is 3. The average Bonchev–Trinajstić information content (AvgIpc) is 2.63. The van der Waals surface area contributed by atoms with Gasteiger partial charge in [-0.3, -0.25) is 5.32 Å². The monoisotopic (exact) mass is 243 g/mol. The van der Waals surface area contributed by atoms with Gasteiger partial charge >= 0.3 is 12.1 Å². The maximum absolute atomic E-state index is 11.3. The first-order valence-corrected chi connectivity index (χ1v) is 5.56. The van der Waals surface area contributed by atoms with Crippen LogP contribution in [0.15, 0.2) is 11.4 Å². The highest BCUT2D eigenvalue weighted by atomic mass is 32.1. The van der Waals surface area contributed by atoms with Gasteiger partial charge in [-0.2, -0.15) is 0 Å². The first-order valence-electron chi connectivity index (χ1n) is 4.68. The number of methoxy groups -OCH3 is 1. The number of carbonyl (C=O) groups excluding carboxylic acids is 2. The molecule has 6 heteroatoms. The quantitative estimate of drug-likeness (QED) is 0.828. The number of ether oxygens (including phenoxy) is 2. The van der Waals surface area contributed by atoms with Gasteiger partial charge in [-0.05, 0) is 25.3 Å². The number of anilines is 1. The van der Waals surface area contributed by atoms with E-state index in [9.17, 15) is 9.59 Å². The van der Waals surface area contributed by atoms with Crippen molar-refractivity contribution < 1.29 is 19.1 Å². The number of esters is 1. The summed E-state index contributed by atoms with van der Waals surface area (Å²) in [7, 11) is 1.29. The van der Waals surface area contributed by atoms with E-state index in [0.29, 0.717) is 10.6 Å². The summed E-state index contributed by atoms with van der Waals surface area (Å²) in [4.78, 5) is 22.9. The molecule has 0 saturated carbocycles. The van der Waals surface area contributed by atoms with Gasteiger partial charge in [0.2, 0.25) is 0 Å². The summed E-state index contributed by atoms with van der Waals surface area (Å²) in [6.45, 7) is 3.49. The van der Waals surface area contributed by atoms with E-state index in [2.05, 4.69) is 10.1 Å². The fourth-order valence-electron chi connectivity index (χ4n) is 1.01. The topological polar surface area (TPSA) is 64.6 Å². The largest absolute Gasteiger partial charge is 0.465 e. The molecule has 0 atom stereocenters. The molecule has 5 nitrogen and oxygen atoms in total. The third-order valence-corrected chi connectivity index (χ3v) is 2.51. The maximum atomic E-state index is 11.3. The molecular weight excluding hydrogens is 230 g/mol. The van der Waals surface area contributed by atoms with Crippen molar-refractivity contribution in [3.8, 4) is 0 Å². The molecule has 1 heterocycles. The SMILES string of the molecule is COC(=O)c1sccc1NC(=O)OC(C)C. The van der Waals surface area contributed by atoms with Gasteiger partial charge in [0.05, 0.1) is 18.9 Å². The lowest BCUT2D eigenvalue weighted by Gasteiger charge is -2.09. The Morgan fingerprint density at radius 1 is 1.44 bits per heavy atom. The lowest BCUT2D eigenvalue weighted by molar-refractivity contribution is 0.0607. The van der Waals surface area contributed by atoms with Crippen molar-refractivity contribution in [3.63, 3.8) is 0 Å². The molecule has 0 radical (unpaired) electrons. The van der Waals surface area contributed by atoms with Gasteiger partial charge in [-0.15, -0.1) is 11.3 Å². The Morgan fingerprint density at radius 2 is 2.12 bits per heavy atom. The lowest BCUT2D eigenvalue weighted by atomic mass is 10.4. The first-order chi connectivity index (χ1) is 7.54. The van der Waals surface area contributed by atoms with E-state index >= 15 is 0 Å². The molecule has 0 aliphatic carbocycles. The van der Waals surface area contributed by atoms with Crippen LogP contribution in [-0.2, 0) is 9.47 Å². The van der Waals surface area contributed by atoms with Crippen LogP contribution in [0, 0.1) is 0 Å². The first kappa shape index (κ1) is 12.5. The molecular formula is C10H13NO4S. The number of hydrogen-bond donors (Lipinski definition) is 1. The standard InChI is InChI=1S/C10H13NO4S/c1-6(2)15-10(13)11-7-4-5-16-8(7)9(12)14-3/h4-6H,1-3H3,(H,11,13). The van der Waals surface area contributed by atoms with Gasteiger partial charge < -0.3 is 9.47 Å². The van der Waals surface area contributed by atoms with E-state index in [1.165, 1.54) is 18.4 Å². The van der Waals surface area contributed by atoms with Gasteiger partial charge in [0.25, 0.3) is 0 Å². The van der Waals surface area contributed by atoms with Crippen LogP contribution in [0.5, 0.6) is 0 Å². The molecule has 1 amide bonds. The average molecular weight is 243 g/mol. The van der Waals surface area contributed by atoms with Crippen molar-refractivity contribution in [2.45, 2.75) is 20.0 Å². The second kappa shape index (κ2) is 5.50. The van der Waals surface area contributed by atoms with Crippen molar-refractivity contribution in [1.82, 2.24) is 0 Å². The minimum Gasteiger partial charge on any atom is -0.465 e. The zero-order valence-electron chi connectivity index (χ0n) is 9.27. The van der Waals surface area contributed by atoms with E-state index in [1.807, 2.05) is 0 Å². The molecule has 16 heavy (non-hydrogen) atoms. The summed E-state index contributed by atoms with van der Waals surface area (Å²) >= 11 is 1.20. The summed E-state index contributed by atoms with van der Waals surface area (Å²) in [5, 5.41) is 4.18. The second-order valence-corrected chi connectivity index (χ2v) is 4.15. The number of nitrogens with one attached hydrogen (secondary N) is 1. The van der Waals surface area contributed by atoms with Gasteiger partial charge in [0.1, 0.15) is 4.88 Å². The Hall–Kier alpha value is -1.56. The predicted molar refractivity (Wildman–Crippen MR) is 60.9 cm³/mol. The van der Waals surface area contributed by atoms with Crippen LogP contribution in [0.25, 0.3) is 0 Å². The van der Waals surface area contributed by atoms with E-state index in [4.69, 9.17) is 4.74 Å². The Morgan fingerprint density at radius 3 is 2.69 bits per heavy atom. The summed E-state index contributed by atoms with van der Waals surface area (Å²) in [6.07, 6.45) is -0.793. The third kappa shape index (κ3) is 3.23. The molecule has 0 spiro atoms. The van der Waals surface area contributed by atoms with Crippen LogP contribution in [0.4, 0.5) is 10.5 Å². The number of carbonyl (C=O) groups is 2. The highest BCUT2D eigenvalue weighted by Crippen LogP contribution is 2.23. The molecule has 1 aromatic heterocycles. The Labute approximate surface area is 97.4 Å². The highest BCUT2D eigenvalue weighted by molar-refractivity contribution is 7.12. The summed E-state index contributed by atoms with van der Waals surface area (Å²) < 4.78 is 9.47. The van der Waals surface area contributed by atoms with Gasteiger partial charge in [0.15, 0.2) is 0 Å². The van der Waals surface area contributed by atoms with Crippen molar-refractivity contribution in [2.75, 3.05) is 12.4 Å². The Bertz CT molecular complexity index is 386. The van der Waals surface area contributed by atoms with Crippen LogP contribution in [-0.4, -0.2) is 25.3 Å². The zero-order chi connectivity index (χ0) is 12.1. The summed E-state index contributed by atoms with van der Waals surface area (Å²) in [5.74, 6) is -0.477. The summed E-state index contributed by atoms with van der Waals surface area (Å²) in [6, 6.07) is 1.62. The normalized spacial score (nSPS) is 10.0. The molecule has 1 aromatic rings. The lowest BCUT2D eigenvalue weighted by Crippen LogP contribution is -2.18. The molecule has 0 bridgehead atoms. The fourth-order valence-corrected chi connectivity index (χ4v) is 1.78. The maximum Gasteiger partial charge on any atom is 0.411 e. The van der Waals surface area contributed by atoms with Crippen LogP contribution in [0.2, 0.25) is 0 Å². The molecule has 1 rings (SSSR count). The number of amides is 1. The molecule has 0 aliphatic rings. The van der Waals surface area contributed by atoms with Gasteiger partial charge in [0, 0.05) is 0 Å². The molecule has 88 valence electrons. The Balaban J connectivity index is 2.70. The third-order valence-electron chi connectivity index (χ3n) is 1.62. The molecule has 1 N–H and O–H groups in total. The van der Waals surface area contributed by atoms with Crippen molar-refractivity contribution in [2.24, 2.45) is 0 Å². The molecule has 0 saturated heterocycles. The van der Waals surface area contributed by atoms with Crippen molar-refractivity contribution in [3.05, 3.63) is 16.3 Å². The van der Waals surface area contributed by atoms with E-state index in [-0.39, 0.29) is 6.10 Å². The van der Waals surface area contributed by atoms with Gasteiger partial charge in [-0.25, -0.2) is 9.59 Å². The highest BCUT2D eigenvalue weighted by Gasteiger charge is 2.16. The summed E-state index contributed by atoms with van der Waals surface area (Å²) in [5.41, 5.74) is 0.405. The minimum absolute atomic E-state index is 0.208. The van der Waals surface area contributed by atoms with E-state index < -0.39 is 12.1 Å². The van der Waals surface area contributed by atoms with Gasteiger partial charge in [-0.1, -0.05) is 0 Å². The molecule has 0 aliphatic heterocycles. The van der Waals surface area contributed by atoms with Crippen LogP contribution >= 0.6 is 11.3 Å². The predicted octanol–water partition coefficient (Wildman–Crippen LogP) is 2.49. The fraction of sp³-hybridized carbons (Fsp3) is 0.400. The van der Waals surface area contributed by atoms with Crippen LogP contribution in [0.3, 0.4) is 0 Å². The Kier molecular flexibility index (Phi) is 4.30. The van der Waals surface area contributed by atoms with Crippen molar-refractivity contribution in [1.29, 1.82) is 0 Å². The minimum atomic E-state index is -0.585. The van der Waals surface area contributed by atoms with Crippen molar-refractivity contribution >= 4 is 29.1 Å².